The summed E-state index contributed by atoms with van der Waals surface area (Å²) in [6.45, 7) is 2.81. The summed E-state index contributed by atoms with van der Waals surface area (Å²) in [5.41, 5.74) is 0. The third-order valence-electron chi connectivity index (χ3n) is 1.96. The summed E-state index contributed by atoms with van der Waals surface area (Å²) in [4.78, 5) is 0. The lowest BCUT2D eigenvalue weighted by molar-refractivity contribution is 0.309. The van der Waals surface area contributed by atoms with Gasteiger partial charge in [-0.25, -0.2) is 13.6 Å². The SMILES string of the molecule is CCOc1cccc(OCCCS(N)(=O)=O)c1. The first-order chi connectivity index (χ1) is 8.01. The number of ether oxygens (including phenoxy) is 2. The predicted molar refractivity (Wildman–Crippen MR) is 65.7 cm³/mol. The first-order valence-corrected chi connectivity index (χ1v) is 7.09. The fourth-order valence-electron chi connectivity index (χ4n) is 1.27. The van der Waals surface area contributed by atoms with E-state index in [1.165, 1.54) is 0 Å². The summed E-state index contributed by atoms with van der Waals surface area (Å²) in [5.74, 6) is 1.32. The molecule has 0 aliphatic heterocycles. The molecule has 5 nitrogen and oxygen atoms in total. The lowest BCUT2D eigenvalue weighted by atomic mass is 10.3. The molecule has 0 radical (unpaired) electrons. The molecular formula is C11H17NO4S. The van der Waals surface area contributed by atoms with Crippen LogP contribution in [-0.2, 0) is 10.0 Å². The molecule has 1 aromatic carbocycles. The van der Waals surface area contributed by atoms with Gasteiger partial charge in [0.1, 0.15) is 11.5 Å². The van der Waals surface area contributed by atoms with E-state index in [4.69, 9.17) is 14.6 Å². The van der Waals surface area contributed by atoms with Crippen molar-refractivity contribution in [1.29, 1.82) is 0 Å². The smallest absolute Gasteiger partial charge is 0.209 e. The predicted octanol–water partition coefficient (Wildman–Crippen LogP) is 1.14. The summed E-state index contributed by atoms with van der Waals surface area (Å²) in [5, 5.41) is 4.88. The molecule has 0 amide bonds. The van der Waals surface area contributed by atoms with E-state index < -0.39 is 10.0 Å². The molecule has 6 heteroatoms. The van der Waals surface area contributed by atoms with Gasteiger partial charge in [-0.05, 0) is 25.5 Å². The molecule has 0 saturated carbocycles. The summed E-state index contributed by atoms with van der Waals surface area (Å²) in [6.07, 6.45) is 0.373. The van der Waals surface area contributed by atoms with Crippen LogP contribution in [0.5, 0.6) is 11.5 Å². The van der Waals surface area contributed by atoms with Gasteiger partial charge in [0.15, 0.2) is 0 Å². The van der Waals surface area contributed by atoms with E-state index in [1.807, 2.05) is 19.1 Å². The van der Waals surface area contributed by atoms with Gasteiger partial charge in [0, 0.05) is 6.07 Å². The van der Waals surface area contributed by atoms with Gasteiger partial charge in [0.05, 0.1) is 19.0 Å². The van der Waals surface area contributed by atoms with Crippen molar-refractivity contribution in [3.63, 3.8) is 0 Å². The Morgan fingerprint density at radius 1 is 1.24 bits per heavy atom. The van der Waals surface area contributed by atoms with Crippen LogP contribution in [0.3, 0.4) is 0 Å². The van der Waals surface area contributed by atoms with Gasteiger partial charge in [0.2, 0.25) is 10.0 Å². The van der Waals surface area contributed by atoms with E-state index in [0.29, 0.717) is 25.4 Å². The van der Waals surface area contributed by atoms with Crippen LogP contribution < -0.4 is 14.6 Å². The van der Waals surface area contributed by atoms with Crippen molar-refractivity contribution in [2.45, 2.75) is 13.3 Å². The number of primary sulfonamides is 1. The van der Waals surface area contributed by atoms with Crippen molar-refractivity contribution < 1.29 is 17.9 Å². The van der Waals surface area contributed by atoms with Crippen LogP contribution >= 0.6 is 0 Å². The Balaban J connectivity index is 2.38. The second-order valence-electron chi connectivity index (χ2n) is 3.48. The van der Waals surface area contributed by atoms with Crippen LogP contribution in [0, 0.1) is 0 Å². The highest BCUT2D eigenvalue weighted by atomic mass is 32.2. The Morgan fingerprint density at radius 2 is 1.88 bits per heavy atom. The lowest BCUT2D eigenvalue weighted by Crippen LogP contribution is -2.18. The highest BCUT2D eigenvalue weighted by Crippen LogP contribution is 2.19. The number of hydrogen-bond acceptors (Lipinski definition) is 4. The zero-order chi connectivity index (χ0) is 12.7. The zero-order valence-electron chi connectivity index (χ0n) is 9.76. The van der Waals surface area contributed by atoms with Gasteiger partial charge in [-0.15, -0.1) is 0 Å². The van der Waals surface area contributed by atoms with E-state index in [1.54, 1.807) is 12.1 Å². The number of benzene rings is 1. The summed E-state index contributed by atoms with van der Waals surface area (Å²) >= 11 is 0. The van der Waals surface area contributed by atoms with Crippen LogP contribution in [0.15, 0.2) is 24.3 Å². The molecule has 1 aromatic rings. The standard InChI is InChI=1S/C11H17NO4S/c1-2-15-10-5-3-6-11(9-10)16-7-4-8-17(12,13)14/h3,5-6,9H,2,4,7-8H2,1H3,(H2,12,13,14). The van der Waals surface area contributed by atoms with E-state index in [0.717, 1.165) is 5.75 Å². The minimum atomic E-state index is -3.40. The van der Waals surface area contributed by atoms with E-state index in [-0.39, 0.29) is 5.75 Å². The van der Waals surface area contributed by atoms with Gasteiger partial charge in [-0.1, -0.05) is 6.07 Å². The fourth-order valence-corrected chi connectivity index (χ4v) is 1.79. The quantitative estimate of drug-likeness (QED) is 0.745. The third kappa shape index (κ3) is 6.13. The van der Waals surface area contributed by atoms with Crippen molar-refractivity contribution in [1.82, 2.24) is 0 Å². The van der Waals surface area contributed by atoms with Crippen molar-refractivity contribution in [2.75, 3.05) is 19.0 Å². The molecule has 0 heterocycles. The highest BCUT2D eigenvalue weighted by Gasteiger charge is 2.02. The molecule has 96 valence electrons. The monoisotopic (exact) mass is 259 g/mol. The number of nitrogens with two attached hydrogens (primary N) is 1. The highest BCUT2D eigenvalue weighted by molar-refractivity contribution is 7.89. The molecule has 0 saturated heterocycles. The Bertz CT molecular complexity index is 445. The van der Waals surface area contributed by atoms with Gasteiger partial charge in [0.25, 0.3) is 0 Å². The van der Waals surface area contributed by atoms with Gasteiger partial charge < -0.3 is 9.47 Å². The second-order valence-corrected chi connectivity index (χ2v) is 5.21. The third-order valence-corrected chi connectivity index (χ3v) is 2.82. The topological polar surface area (TPSA) is 78.6 Å². The van der Waals surface area contributed by atoms with E-state index in [2.05, 4.69) is 0 Å². The Kier molecular flexibility index (Phi) is 5.24. The number of hydrogen-bond donors (Lipinski definition) is 1. The molecule has 0 aliphatic rings. The molecule has 0 fully saturated rings. The van der Waals surface area contributed by atoms with Gasteiger partial charge >= 0.3 is 0 Å². The summed E-state index contributed by atoms with van der Waals surface area (Å²) in [7, 11) is -3.40. The molecule has 0 spiro atoms. The van der Waals surface area contributed by atoms with Crippen LogP contribution in [-0.4, -0.2) is 27.4 Å². The molecule has 0 atom stereocenters. The van der Waals surface area contributed by atoms with E-state index >= 15 is 0 Å². The molecule has 0 aliphatic carbocycles. The maximum absolute atomic E-state index is 10.7. The minimum absolute atomic E-state index is 0.0713. The first-order valence-electron chi connectivity index (χ1n) is 5.37. The van der Waals surface area contributed by atoms with E-state index in [9.17, 15) is 8.42 Å². The second kappa shape index (κ2) is 6.46. The number of rotatable bonds is 7. The van der Waals surface area contributed by atoms with Gasteiger partial charge in [-0.3, -0.25) is 0 Å². The Hall–Kier alpha value is -1.27. The van der Waals surface area contributed by atoms with Crippen LogP contribution in [0.2, 0.25) is 0 Å². The molecule has 1 rings (SSSR count). The van der Waals surface area contributed by atoms with Crippen LogP contribution in [0.4, 0.5) is 0 Å². The zero-order valence-corrected chi connectivity index (χ0v) is 10.6. The number of sulfonamides is 1. The van der Waals surface area contributed by atoms with Crippen molar-refractivity contribution in [3.05, 3.63) is 24.3 Å². The maximum atomic E-state index is 10.7. The van der Waals surface area contributed by atoms with Crippen molar-refractivity contribution in [3.8, 4) is 11.5 Å². The van der Waals surface area contributed by atoms with Gasteiger partial charge in [-0.2, -0.15) is 0 Å². The molecule has 0 bridgehead atoms. The summed E-state index contributed by atoms with van der Waals surface area (Å²) in [6, 6.07) is 7.21. The largest absolute Gasteiger partial charge is 0.494 e. The minimum Gasteiger partial charge on any atom is -0.494 e. The molecular weight excluding hydrogens is 242 g/mol. The Morgan fingerprint density at radius 3 is 2.47 bits per heavy atom. The average molecular weight is 259 g/mol. The van der Waals surface area contributed by atoms with Crippen molar-refractivity contribution >= 4 is 10.0 Å². The average Bonchev–Trinajstić information content (AvgIpc) is 2.24. The Labute approximate surface area is 102 Å². The first kappa shape index (κ1) is 13.8. The van der Waals surface area contributed by atoms with Crippen LogP contribution in [0.25, 0.3) is 0 Å². The normalized spacial score (nSPS) is 11.2. The molecule has 2 N–H and O–H groups in total. The molecule has 17 heavy (non-hydrogen) atoms. The summed E-state index contributed by atoms with van der Waals surface area (Å²) < 4.78 is 32.1. The molecule has 0 unspecified atom stereocenters. The van der Waals surface area contributed by atoms with Crippen molar-refractivity contribution in [2.24, 2.45) is 5.14 Å². The fraction of sp³-hybridized carbons (Fsp3) is 0.455. The maximum Gasteiger partial charge on any atom is 0.209 e. The lowest BCUT2D eigenvalue weighted by Gasteiger charge is -2.08. The van der Waals surface area contributed by atoms with Crippen LogP contribution in [0.1, 0.15) is 13.3 Å². The molecule has 0 aromatic heterocycles.